The minimum atomic E-state index is -1.30. The molecule has 15 heavy (non-hydrogen) atoms. The molecule has 0 bridgehead atoms. The molecule has 0 fully saturated rings. The standard InChI is InChI=1S/C10H10BrClO3/c1-10(2,9(13)14)15-8-5-6(11)3-4-7(8)12/h3-5H,1-2H3,(H,13,14). The third-order valence-corrected chi connectivity index (χ3v) is 2.58. The topological polar surface area (TPSA) is 46.5 Å². The predicted octanol–water partition coefficient (Wildman–Crippen LogP) is 3.34. The predicted molar refractivity (Wildman–Crippen MR) is 61.5 cm³/mol. The van der Waals surface area contributed by atoms with Crippen molar-refractivity contribution in [1.29, 1.82) is 0 Å². The van der Waals surface area contributed by atoms with Crippen molar-refractivity contribution in [1.82, 2.24) is 0 Å². The average molecular weight is 294 g/mol. The van der Waals surface area contributed by atoms with E-state index >= 15 is 0 Å². The van der Waals surface area contributed by atoms with Crippen LogP contribution in [0.25, 0.3) is 0 Å². The molecular weight excluding hydrogens is 283 g/mol. The van der Waals surface area contributed by atoms with Gasteiger partial charge in [-0.05, 0) is 32.0 Å². The van der Waals surface area contributed by atoms with Crippen LogP contribution in [0.4, 0.5) is 0 Å². The Bertz CT molecular complexity index is 390. The van der Waals surface area contributed by atoms with E-state index < -0.39 is 11.6 Å². The molecule has 0 atom stereocenters. The zero-order chi connectivity index (χ0) is 11.6. The second-order valence-corrected chi connectivity index (χ2v) is 4.82. The summed E-state index contributed by atoms with van der Waals surface area (Å²) in [4.78, 5) is 10.8. The van der Waals surface area contributed by atoms with Gasteiger partial charge in [-0.1, -0.05) is 27.5 Å². The van der Waals surface area contributed by atoms with Crippen molar-refractivity contribution in [2.24, 2.45) is 0 Å². The fraction of sp³-hybridized carbons (Fsp3) is 0.300. The first-order chi connectivity index (χ1) is 6.83. The highest BCUT2D eigenvalue weighted by atomic mass is 79.9. The summed E-state index contributed by atoms with van der Waals surface area (Å²) in [6.45, 7) is 2.93. The van der Waals surface area contributed by atoms with Gasteiger partial charge in [0.1, 0.15) is 5.75 Å². The van der Waals surface area contributed by atoms with Gasteiger partial charge < -0.3 is 9.84 Å². The third kappa shape index (κ3) is 3.11. The molecule has 0 saturated carbocycles. The molecule has 0 unspecified atom stereocenters. The number of carboxylic acids is 1. The van der Waals surface area contributed by atoms with E-state index in [1.165, 1.54) is 13.8 Å². The van der Waals surface area contributed by atoms with E-state index in [0.717, 1.165) is 4.47 Å². The second-order valence-electron chi connectivity index (χ2n) is 3.49. The van der Waals surface area contributed by atoms with Crippen molar-refractivity contribution in [3.8, 4) is 5.75 Å². The lowest BCUT2D eigenvalue weighted by atomic mass is 10.1. The molecule has 0 spiro atoms. The maximum atomic E-state index is 10.8. The molecule has 0 radical (unpaired) electrons. The molecule has 1 aromatic carbocycles. The zero-order valence-electron chi connectivity index (χ0n) is 8.25. The van der Waals surface area contributed by atoms with Gasteiger partial charge in [-0.2, -0.15) is 0 Å². The van der Waals surface area contributed by atoms with Crippen LogP contribution in [0.2, 0.25) is 5.02 Å². The van der Waals surface area contributed by atoms with Crippen LogP contribution in [0.5, 0.6) is 5.75 Å². The molecule has 3 nitrogen and oxygen atoms in total. The van der Waals surface area contributed by atoms with Gasteiger partial charge in [0.15, 0.2) is 5.60 Å². The van der Waals surface area contributed by atoms with Gasteiger partial charge in [-0.15, -0.1) is 0 Å². The number of ether oxygens (including phenoxy) is 1. The first-order valence-corrected chi connectivity index (χ1v) is 5.37. The zero-order valence-corrected chi connectivity index (χ0v) is 10.6. The molecule has 1 N–H and O–H groups in total. The molecule has 82 valence electrons. The van der Waals surface area contributed by atoms with E-state index in [9.17, 15) is 4.79 Å². The van der Waals surface area contributed by atoms with Crippen molar-refractivity contribution >= 4 is 33.5 Å². The molecule has 1 aromatic rings. The van der Waals surface area contributed by atoms with Crippen molar-refractivity contribution in [3.05, 3.63) is 27.7 Å². The first-order valence-electron chi connectivity index (χ1n) is 4.20. The molecule has 0 heterocycles. The van der Waals surface area contributed by atoms with Crippen molar-refractivity contribution in [2.45, 2.75) is 19.4 Å². The van der Waals surface area contributed by atoms with E-state index in [-0.39, 0.29) is 0 Å². The number of carboxylic acid groups (broad SMARTS) is 1. The summed E-state index contributed by atoms with van der Waals surface area (Å²) in [5.74, 6) is -0.697. The number of carbonyl (C=O) groups is 1. The number of rotatable bonds is 3. The van der Waals surface area contributed by atoms with Crippen LogP contribution < -0.4 is 4.74 Å². The van der Waals surface area contributed by atoms with Gasteiger partial charge in [0.05, 0.1) is 5.02 Å². The highest BCUT2D eigenvalue weighted by Crippen LogP contribution is 2.30. The summed E-state index contributed by atoms with van der Waals surface area (Å²) < 4.78 is 6.09. The van der Waals surface area contributed by atoms with Crippen LogP contribution in [0.1, 0.15) is 13.8 Å². The quantitative estimate of drug-likeness (QED) is 0.929. The maximum absolute atomic E-state index is 10.8. The highest BCUT2D eigenvalue weighted by molar-refractivity contribution is 9.10. The van der Waals surface area contributed by atoms with Gasteiger partial charge in [0, 0.05) is 4.47 Å². The molecular formula is C10H10BrClO3. The summed E-state index contributed by atoms with van der Waals surface area (Å²) in [5, 5.41) is 9.26. The Hall–Kier alpha value is -0.740. The number of hydrogen-bond donors (Lipinski definition) is 1. The molecule has 1 rings (SSSR count). The lowest BCUT2D eigenvalue weighted by Crippen LogP contribution is -2.37. The number of benzene rings is 1. The minimum absolute atomic E-state index is 0.346. The minimum Gasteiger partial charge on any atom is -0.478 e. The fourth-order valence-corrected chi connectivity index (χ4v) is 1.37. The second kappa shape index (κ2) is 4.41. The van der Waals surface area contributed by atoms with Crippen molar-refractivity contribution < 1.29 is 14.6 Å². The third-order valence-electron chi connectivity index (χ3n) is 1.77. The van der Waals surface area contributed by atoms with E-state index in [0.29, 0.717) is 10.8 Å². The average Bonchev–Trinajstić information content (AvgIpc) is 2.10. The van der Waals surface area contributed by atoms with Crippen LogP contribution in [0.15, 0.2) is 22.7 Å². The normalized spacial score (nSPS) is 11.2. The van der Waals surface area contributed by atoms with Gasteiger partial charge in [0.25, 0.3) is 0 Å². The Kier molecular flexibility index (Phi) is 3.62. The van der Waals surface area contributed by atoms with Crippen LogP contribution in [-0.4, -0.2) is 16.7 Å². The van der Waals surface area contributed by atoms with E-state index in [2.05, 4.69) is 15.9 Å². The van der Waals surface area contributed by atoms with Crippen molar-refractivity contribution in [2.75, 3.05) is 0 Å². The molecule has 0 aromatic heterocycles. The van der Waals surface area contributed by atoms with Crippen molar-refractivity contribution in [3.63, 3.8) is 0 Å². The largest absolute Gasteiger partial charge is 0.478 e. The van der Waals surface area contributed by atoms with Crippen LogP contribution in [0.3, 0.4) is 0 Å². The summed E-state index contributed by atoms with van der Waals surface area (Å²) in [7, 11) is 0. The Labute approximate surface area is 101 Å². The van der Waals surface area contributed by atoms with Gasteiger partial charge >= 0.3 is 5.97 Å². The van der Waals surface area contributed by atoms with Gasteiger partial charge in [0.2, 0.25) is 0 Å². The summed E-state index contributed by atoms with van der Waals surface area (Å²) in [6, 6.07) is 5.02. The lowest BCUT2D eigenvalue weighted by Gasteiger charge is -2.22. The van der Waals surface area contributed by atoms with E-state index in [1.807, 2.05) is 0 Å². The van der Waals surface area contributed by atoms with Crippen LogP contribution in [-0.2, 0) is 4.79 Å². The molecule has 5 heteroatoms. The van der Waals surface area contributed by atoms with Gasteiger partial charge in [-0.3, -0.25) is 0 Å². The molecule has 0 aliphatic rings. The Morgan fingerprint density at radius 1 is 1.53 bits per heavy atom. The molecule has 0 aliphatic heterocycles. The molecule has 0 saturated heterocycles. The fourth-order valence-electron chi connectivity index (χ4n) is 0.874. The summed E-state index contributed by atoms with van der Waals surface area (Å²) >= 11 is 9.12. The number of hydrogen-bond acceptors (Lipinski definition) is 2. The van der Waals surface area contributed by atoms with E-state index in [4.69, 9.17) is 21.4 Å². The van der Waals surface area contributed by atoms with E-state index in [1.54, 1.807) is 18.2 Å². The van der Waals surface area contributed by atoms with Gasteiger partial charge in [-0.25, -0.2) is 4.79 Å². The highest BCUT2D eigenvalue weighted by Gasteiger charge is 2.30. The summed E-state index contributed by atoms with van der Waals surface area (Å²) in [6.07, 6.45) is 0. The Morgan fingerprint density at radius 3 is 2.67 bits per heavy atom. The first kappa shape index (κ1) is 12.3. The molecule has 0 aliphatic carbocycles. The number of halogens is 2. The smallest absolute Gasteiger partial charge is 0.347 e. The monoisotopic (exact) mass is 292 g/mol. The molecule has 0 amide bonds. The Morgan fingerprint density at radius 2 is 2.13 bits per heavy atom. The number of aliphatic carboxylic acids is 1. The lowest BCUT2D eigenvalue weighted by molar-refractivity contribution is -0.152. The van der Waals surface area contributed by atoms with Crippen LogP contribution >= 0.6 is 27.5 Å². The maximum Gasteiger partial charge on any atom is 0.347 e. The SMILES string of the molecule is CC(C)(Oc1cc(Br)ccc1Cl)C(=O)O. The summed E-state index contributed by atoms with van der Waals surface area (Å²) in [5.41, 5.74) is -1.30. The Balaban J connectivity index is 2.99. The van der Waals surface area contributed by atoms with Crippen LogP contribution in [0, 0.1) is 0 Å².